The van der Waals surface area contributed by atoms with Gasteiger partial charge in [0.1, 0.15) is 11.5 Å². The molecule has 1 atom stereocenters. The van der Waals surface area contributed by atoms with Crippen LogP contribution in [0.2, 0.25) is 0 Å². The van der Waals surface area contributed by atoms with Crippen molar-refractivity contribution < 1.29 is 14.6 Å². The lowest BCUT2D eigenvalue weighted by atomic mass is 9.94. The molecule has 104 valence electrons. The number of carboxylic acids is 1. The fraction of sp³-hybridized carbons (Fsp3) is 0.235. The van der Waals surface area contributed by atoms with Crippen LogP contribution in [0.15, 0.2) is 48.5 Å². The average molecular weight is 270 g/mol. The van der Waals surface area contributed by atoms with Crippen LogP contribution in [0, 0.1) is 6.92 Å². The molecule has 0 bridgehead atoms. The Morgan fingerprint density at radius 1 is 1.15 bits per heavy atom. The Labute approximate surface area is 118 Å². The molecule has 0 aliphatic carbocycles. The van der Waals surface area contributed by atoms with Gasteiger partial charge in [-0.1, -0.05) is 31.2 Å². The van der Waals surface area contributed by atoms with Gasteiger partial charge < -0.3 is 9.84 Å². The topological polar surface area (TPSA) is 46.5 Å². The van der Waals surface area contributed by atoms with Crippen molar-refractivity contribution in [3.05, 3.63) is 59.7 Å². The van der Waals surface area contributed by atoms with Crippen LogP contribution in [-0.4, -0.2) is 11.1 Å². The highest BCUT2D eigenvalue weighted by atomic mass is 16.5. The molecule has 2 aromatic rings. The van der Waals surface area contributed by atoms with Crippen molar-refractivity contribution in [1.29, 1.82) is 0 Å². The molecule has 3 heteroatoms. The fourth-order valence-electron chi connectivity index (χ4n) is 2.26. The monoisotopic (exact) mass is 270 g/mol. The van der Waals surface area contributed by atoms with Crippen molar-refractivity contribution in [1.82, 2.24) is 0 Å². The van der Waals surface area contributed by atoms with Crippen molar-refractivity contribution in [3.8, 4) is 11.5 Å². The van der Waals surface area contributed by atoms with Gasteiger partial charge in [-0.2, -0.15) is 0 Å². The second-order valence-electron chi connectivity index (χ2n) is 4.93. The second kappa shape index (κ2) is 6.24. The van der Waals surface area contributed by atoms with E-state index >= 15 is 0 Å². The Balaban J connectivity index is 2.15. The lowest BCUT2D eigenvalue weighted by molar-refractivity contribution is -0.137. The third-order valence-corrected chi connectivity index (χ3v) is 3.23. The summed E-state index contributed by atoms with van der Waals surface area (Å²) in [5.41, 5.74) is 2.10. The molecule has 0 aromatic heterocycles. The number of rotatable bonds is 5. The third-order valence-electron chi connectivity index (χ3n) is 3.23. The molecule has 0 spiro atoms. The number of benzene rings is 2. The maximum Gasteiger partial charge on any atom is 0.303 e. The number of hydrogen-bond acceptors (Lipinski definition) is 2. The van der Waals surface area contributed by atoms with Crippen molar-refractivity contribution in [2.45, 2.75) is 26.2 Å². The van der Waals surface area contributed by atoms with Crippen molar-refractivity contribution in [2.75, 3.05) is 0 Å². The number of aliphatic carboxylic acids is 1. The molecule has 0 heterocycles. The minimum atomic E-state index is -0.776. The molecule has 3 nitrogen and oxygen atoms in total. The summed E-state index contributed by atoms with van der Waals surface area (Å²) in [5.74, 6) is 0.776. The molecule has 0 amide bonds. The number of aryl methyl sites for hydroxylation is 1. The zero-order valence-electron chi connectivity index (χ0n) is 11.7. The van der Waals surface area contributed by atoms with E-state index in [1.807, 2.05) is 62.4 Å². The molecular weight excluding hydrogens is 252 g/mol. The molecule has 1 unspecified atom stereocenters. The number of carboxylic acid groups (broad SMARTS) is 1. The van der Waals surface area contributed by atoms with Gasteiger partial charge >= 0.3 is 5.97 Å². The van der Waals surface area contributed by atoms with Crippen molar-refractivity contribution in [3.63, 3.8) is 0 Å². The Hall–Kier alpha value is -2.29. The van der Waals surface area contributed by atoms with Gasteiger partial charge in [0.15, 0.2) is 0 Å². The Bertz CT molecular complexity index is 590. The van der Waals surface area contributed by atoms with Gasteiger partial charge in [-0.25, -0.2) is 0 Å². The number of ether oxygens (including phenoxy) is 1. The van der Waals surface area contributed by atoms with Crippen LogP contribution in [0.1, 0.15) is 30.4 Å². The molecule has 0 aliphatic heterocycles. The maximum absolute atomic E-state index is 10.8. The number of hydrogen-bond donors (Lipinski definition) is 1. The van der Waals surface area contributed by atoms with E-state index in [-0.39, 0.29) is 12.3 Å². The second-order valence-corrected chi connectivity index (χ2v) is 4.93. The van der Waals surface area contributed by atoms with E-state index in [1.54, 1.807) is 0 Å². The maximum atomic E-state index is 10.8. The normalized spacial score (nSPS) is 11.9. The van der Waals surface area contributed by atoms with Gasteiger partial charge in [-0.15, -0.1) is 0 Å². The third kappa shape index (κ3) is 3.60. The smallest absolute Gasteiger partial charge is 0.303 e. The van der Waals surface area contributed by atoms with Crippen LogP contribution >= 0.6 is 0 Å². The van der Waals surface area contributed by atoms with Gasteiger partial charge in [-0.05, 0) is 48.2 Å². The van der Waals surface area contributed by atoms with E-state index in [1.165, 1.54) is 0 Å². The lowest BCUT2D eigenvalue weighted by Gasteiger charge is -2.14. The predicted molar refractivity (Wildman–Crippen MR) is 78.4 cm³/mol. The van der Waals surface area contributed by atoms with E-state index in [2.05, 4.69) is 0 Å². The van der Waals surface area contributed by atoms with Crippen LogP contribution < -0.4 is 4.74 Å². The van der Waals surface area contributed by atoms with Crippen LogP contribution in [0.25, 0.3) is 0 Å². The molecule has 1 N–H and O–H groups in total. The molecule has 2 rings (SSSR count). The molecule has 0 aliphatic rings. The van der Waals surface area contributed by atoms with E-state index in [9.17, 15) is 4.79 Å². The molecule has 0 fully saturated rings. The summed E-state index contributed by atoms with van der Waals surface area (Å²) in [6.45, 7) is 3.90. The first kappa shape index (κ1) is 14.1. The minimum absolute atomic E-state index is 0.00160. The Kier molecular flexibility index (Phi) is 4.41. The minimum Gasteiger partial charge on any atom is -0.481 e. The first-order chi connectivity index (χ1) is 9.56. The van der Waals surface area contributed by atoms with Crippen molar-refractivity contribution >= 4 is 5.97 Å². The van der Waals surface area contributed by atoms with Crippen LogP contribution in [-0.2, 0) is 4.79 Å². The van der Waals surface area contributed by atoms with E-state index < -0.39 is 5.97 Å². The zero-order chi connectivity index (χ0) is 14.5. The molecule has 2 aromatic carbocycles. The summed E-state index contributed by atoms with van der Waals surface area (Å²) in [4.78, 5) is 10.8. The van der Waals surface area contributed by atoms with Crippen LogP contribution in [0.4, 0.5) is 0 Å². The summed E-state index contributed by atoms with van der Waals surface area (Å²) < 4.78 is 5.76. The standard InChI is InChI=1S/C17H18O3/c1-12-10-15(20-14-6-4-3-5-7-14)8-9-16(12)13(2)11-17(18)19/h3-10,13H,11H2,1-2H3,(H,18,19). The average Bonchev–Trinajstić information content (AvgIpc) is 2.39. The largest absolute Gasteiger partial charge is 0.481 e. The van der Waals surface area contributed by atoms with Crippen molar-refractivity contribution in [2.24, 2.45) is 0 Å². The lowest BCUT2D eigenvalue weighted by Crippen LogP contribution is -2.04. The summed E-state index contributed by atoms with van der Waals surface area (Å²) >= 11 is 0. The first-order valence-electron chi connectivity index (χ1n) is 6.61. The van der Waals surface area contributed by atoms with Gasteiger partial charge in [-0.3, -0.25) is 4.79 Å². The van der Waals surface area contributed by atoms with Gasteiger partial charge in [0.25, 0.3) is 0 Å². The Morgan fingerprint density at radius 2 is 1.85 bits per heavy atom. The summed E-state index contributed by atoms with van der Waals surface area (Å²) in [6.07, 6.45) is 0.139. The predicted octanol–water partition coefficient (Wildman–Crippen LogP) is 4.37. The van der Waals surface area contributed by atoms with E-state index in [0.717, 1.165) is 22.6 Å². The van der Waals surface area contributed by atoms with Crippen LogP contribution in [0.5, 0.6) is 11.5 Å². The zero-order valence-corrected chi connectivity index (χ0v) is 11.7. The van der Waals surface area contributed by atoms with Gasteiger partial charge in [0.05, 0.1) is 6.42 Å². The van der Waals surface area contributed by atoms with Crippen LogP contribution in [0.3, 0.4) is 0 Å². The molecule has 0 radical (unpaired) electrons. The SMILES string of the molecule is Cc1cc(Oc2ccccc2)ccc1C(C)CC(=O)O. The highest BCUT2D eigenvalue weighted by Crippen LogP contribution is 2.28. The van der Waals surface area contributed by atoms with E-state index in [4.69, 9.17) is 9.84 Å². The quantitative estimate of drug-likeness (QED) is 0.877. The first-order valence-corrected chi connectivity index (χ1v) is 6.61. The fourth-order valence-corrected chi connectivity index (χ4v) is 2.26. The van der Waals surface area contributed by atoms with Gasteiger partial charge in [0, 0.05) is 0 Å². The molecule has 20 heavy (non-hydrogen) atoms. The van der Waals surface area contributed by atoms with Gasteiger partial charge in [0.2, 0.25) is 0 Å². The number of carbonyl (C=O) groups is 1. The molecule has 0 saturated carbocycles. The highest BCUT2D eigenvalue weighted by molar-refractivity contribution is 5.68. The number of para-hydroxylation sites is 1. The Morgan fingerprint density at radius 3 is 2.45 bits per heavy atom. The van der Waals surface area contributed by atoms with E-state index in [0.29, 0.717) is 0 Å². The highest BCUT2D eigenvalue weighted by Gasteiger charge is 2.13. The molecule has 0 saturated heterocycles. The summed E-state index contributed by atoms with van der Waals surface area (Å²) in [7, 11) is 0. The summed E-state index contributed by atoms with van der Waals surface area (Å²) in [5, 5.41) is 8.86. The summed E-state index contributed by atoms with van der Waals surface area (Å²) in [6, 6.07) is 15.4. The molecular formula is C17H18O3.